The van der Waals surface area contributed by atoms with Gasteiger partial charge in [-0.05, 0) is 23.8 Å². The van der Waals surface area contributed by atoms with E-state index in [-0.39, 0.29) is 6.61 Å². The fraction of sp³-hybridized carbons (Fsp3) is 0.200. The topological polar surface area (TPSA) is 64.6 Å². The number of alkyl carbamates (subject to hydrolysis) is 1. The van der Waals surface area contributed by atoms with Gasteiger partial charge >= 0.3 is 6.09 Å². The number of hydrogen-bond donors (Lipinski definition) is 1. The minimum atomic E-state index is -0.483. The summed E-state index contributed by atoms with van der Waals surface area (Å²) >= 11 is 0. The van der Waals surface area contributed by atoms with Gasteiger partial charge in [0.15, 0.2) is 6.29 Å². The molecule has 0 aromatic heterocycles. The molecule has 2 aromatic rings. The van der Waals surface area contributed by atoms with E-state index in [4.69, 9.17) is 9.47 Å². The molecule has 0 bridgehead atoms. The minimum absolute atomic E-state index is 0.229. The number of aldehydes is 1. The van der Waals surface area contributed by atoms with Crippen LogP contribution in [0, 0.1) is 11.8 Å². The van der Waals surface area contributed by atoms with Gasteiger partial charge in [0.2, 0.25) is 0 Å². The summed E-state index contributed by atoms with van der Waals surface area (Å²) in [5.74, 6) is 6.45. The summed E-state index contributed by atoms with van der Waals surface area (Å²) in [4.78, 5) is 22.6. The van der Waals surface area contributed by atoms with Crippen molar-refractivity contribution >= 4 is 12.4 Å². The predicted octanol–water partition coefficient (Wildman–Crippen LogP) is 3.18. The molecule has 1 N–H and O–H groups in total. The van der Waals surface area contributed by atoms with Crippen molar-refractivity contribution in [3.8, 4) is 17.6 Å². The highest BCUT2D eigenvalue weighted by Gasteiger charge is 2.02. The van der Waals surface area contributed by atoms with Gasteiger partial charge in [-0.15, -0.1) is 0 Å². The maximum Gasteiger partial charge on any atom is 0.407 e. The monoisotopic (exact) mass is 337 g/mol. The summed E-state index contributed by atoms with van der Waals surface area (Å²) in [6.07, 6.45) is 0.708. The molecule has 25 heavy (non-hydrogen) atoms. The second-order valence-corrected chi connectivity index (χ2v) is 5.11. The molecule has 2 aromatic carbocycles. The van der Waals surface area contributed by atoms with E-state index in [9.17, 15) is 9.59 Å². The highest BCUT2D eigenvalue weighted by molar-refractivity contribution is 5.80. The lowest BCUT2D eigenvalue weighted by Gasteiger charge is -2.05. The number of hydrogen-bond acceptors (Lipinski definition) is 4. The number of benzene rings is 2. The van der Waals surface area contributed by atoms with Crippen molar-refractivity contribution in [3.05, 3.63) is 65.2 Å². The molecule has 0 saturated carbocycles. The van der Waals surface area contributed by atoms with Crippen LogP contribution in [0.25, 0.3) is 0 Å². The Hall–Kier alpha value is -3.26. The predicted molar refractivity (Wildman–Crippen MR) is 94.5 cm³/mol. The molecule has 0 spiro atoms. The normalized spacial score (nSPS) is 9.48. The van der Waals surface area contributed by atoms with E-state index in [1.165, 1.54) is 7.11 Å². The Morgan fingerprint density at radius 3 is 2.72 bits per heavy atom. The third kappa shape index (κ3) is 6.04. The third-order valence-electron chi connectivity index (χ3n) is 3.34. The Labute approximate surface area is 147 Å². The molecular formula is C20H19NO4. The van der Waals surface area contributed by atoms with Crippen molar-refractivity contribution in [3.63, 3.8) is 0 Å². The number of rotatable bonds is 6. The Bertz CT molecular complexity index is 775. The molecule has 0 aliphatic rings. The Kier molecular flexibility index (Phi) is 7.08. The summed E-state index contributed by atoms with van der Waals surface area (Å²) in [6.45, 7) is 0.597. The number of amides is 1. The van der Waals surface area contributed by atoms with E-state index >= 15 is 0 Å². The zero-order valence-electron chi connectivity index (χ0n) is 14.0. The minimum Gasteiger partial charge on any atom is -0.497 e. The van der Waals surface area contributed by atoms with Crippen LogP contribution in [0.3, 0.4) is 0 Å². The Morgan fingerprint density at radius 1 is 1.20 bits per heavy atom. The highest BCUT2D eigenvalue weighted by Crippen LogP contribution is 2.15. The van der Waals surface area contributed by atoms with Gasteiger partial charge in [0, 0.05) is 24.1 Å². The molecule has 0 aliphatic carbocycles. The summed E-state index contributed by atoms with van der Waals surface area (Å²) in [5.41, 5.74) is 2.03. The van der Waals surface area contributed by atoms with Gasteiger partial charge in [-0.1, -0.05) is 42.2 Å². The van der Waals surface area contributed by atoms with Gasteiger partial charge in [0.25, 0.3) is 0 Å². The van der Waals surface area contributed by atoms with E-state index < -0.39 is 6.09 Å². The quantitative estimate of drug-likeness (QED) is 0.499. The summed E-state index contributed by atoms with van der Waals surface area (Å²) in [7, 11) is 1.54. The summed E-state index contributed by atoms with van der Waals surface area (Å²) in [5, 5.41) is 2.63. The average molecular weight is 337 g/mol. The first-order valence-electron chi connectivity index (χ1n) is 7.79. The summed E-state index contributed by atoms with van der Waals surface area (Å²) < 4.78 is 10.2. The first kappa shape index (κ1) is 18.1. The molecule has 5 nitrogen and oxygen atoms in total. The van der Waals surface area contributed by atoms with E-state index in [0.29, 0.717) is 29.8 Å². The van der Waals surface area contributed by atoms with E-state index in [1.54, 1.807) is 18.2 Å². The lowest BCUT2D eigenvalue weighted by molar-refractivity contribution is 0.112. The van der Waals surface area contributed by atoms with Gasteiger partial charge in [-0.25, -0.2) is 4.79 Å². The van der Waals surface area contributed by atoms with Crippen molar-refractivity contribution in [2.45, 2.75) is 13.0 Å². The average Bonchev–Trinajstić information content (AvgIpc) is 2.67. The first-order valence-corrected chi connectivity index (χ1v) is 7.79. The van der Waals surface area contributed by atoms with Crippen molar-refractivity contribution in [2.24, 2.45) is 0 Å². The molecule has 0 heterocycles. The standard InChI is InChI=1S/C20H19NO4/c1-24-19-11-10-17(18(13-19)14-22)9-5-6-12-21-20(23)25-15-16-7-3-2-4-8-16/h2-4,7-8,10-11,13-14H,6,12,15H2,1H3,(H,21,23). The van der Waals surface area contributed by atoms with E-state index in [2.05, 4.69) is 17.2 Å². The van der Waals surface area contributed by atoms with Gasteiger partial charge < -0.3 is 14.8 Å². The van der Waals surface area contributed by atoms with Crippen LogP contribution in [-0.4, -0.2) is 26.0 Å². The van der Waals surface area contributed by atoms with Gasteiger partial charge in [-0.3, -0.25) is 4.79 Å². The van der Waals surface area contributed by atoms with Gasteiger partial charge in [0.1, 0.15) is 12.4 Å². The Balaban J connectivity index is 1.75. The number of carbonyl (C=O) groups excluding carboxylic acids is 2. The molecule has 1 amide bonds. The molecule has 0 saturated heterocycles. The largest absolute Gasteiger partial charge is 0.497 e. The third-order valence-corrected chi connectivity index (χ3v) is 3.34. The SMILES string of the molecule is COc1ccc(C#CCCNC(=O)OCc2ccccc2)c(C=O)c1. The van der Waals surface area contributed by atoms with Crippen LogP contribution in [0.1, 0.15) is 27.9 Å². The van der Waals surface area contributed by atoms with Crippen LogP contribution >= 0.6 is 0 Å². The second kappa shape index (κ2) is 9.78. The van der Waals surface area contributed by atoms with Crippen molar-refractivity contribution < 1.29 is 19.1 Å². The number of methoxy groups -OCH3 is 1. The molecule has 0 radical (unpaired) electrons. The fourth-order valence-corrected chi connectivity index (χ4v) is 2.04. The van der Waals surface area contributed by atoms with Crippen LogP contribution in [0.15, 0.2) is 48.5 Å². The fourth-order valence-electron chi connectivity index (χ4n) is 2.04. The van der Waals surface area contributed by atoms with Crippen LogP contribution in [0.2, 0.25) is 0 Å². The maximum absolute atomic E-state index is 11.6. The first-order chi connectivity index (χ1) is 12.2. The molecule has 0 atom stereocenters. The van der Waals surface area contributed by atoms with Crippen LogP contribution in [0.5, 0.6) is 5.75 Å². The number of carbonyl (C=O) groups is 2. The number of ether oxygens (including phenoxy) is 2. The lowest BCUT2D eigenvalue weighted by Crippen LogP contribution is -2.24. The van der Waals surface area contributed by atoms with Crippen LogP contribution in [0.4, 0.5) is 4.79 Å². The molecule has 5 heteroatoms. The maximum atomic E-state index is 11.6. The van der Waals surface area contributed by atoms with Crippen molar-refractivity contribution in [2.75, 3.05) is 13.7 Å². The molecule has 128 valence electrons. The molecule has 0 fully saturated rings. The zero-order chi connectivity index (χ0) is 17.9. The van der Waals surface area contributed by atoms with Crippen LogP contribution in [-0.2, 0) is 11.3 Å². The molecule has 0 aliphatic heterocycles. The van der Waals surface area contributed by atoms with Gasteiger partial charge in [0.05, 0.1) is 7.11 Å². The van der Waals surface area contributed by atoms with Crippen LogP contribution < -0.4 is 10.1 Å². The zero-order valence-corrected chi connectivity index (χ0v) is 14.0. The van der Waals surface area contributed by atoms with E-state index in [0.717, 1.165) is 11.8 Å². The van der Waals surface area contributed by atoms with Crippen molar-refractivity contribution in [1.82, 2.24) is 5.32 Å². The van der Waals surface area contributed by atoms with Gasteiger partial charge in [-0.2, -0.15) is 0 Å². The van der Waals surface area contributed by atoms with Crippen molar-refractivity contribution in [1.29, 1.82) is 0 Å². The number of nitrogens with one attached hydrogen (secondary N) is 1. The molecular weight excluding hydrogens is 318 g/mol. The van der Waals surface area contributed by atoms with E-state index in [1.807, 2.05) is 30.3 Å². The lowest BCUT2D eigenvalue weighted by atomic mass is 10.1. The summed E-state index contributed by atoms with van der Waals surface area (Å²) in [6, 6.07) is 14.6. The smallest absolute Gasteiger partial charge is 0.407 e. The Morgan fingerprint density at radius 2 is 2.00 bits per heavy atom. The highest BCUT2D eigenvalue weighted by atomic mass is 16.5. The second-order valence-electron chi connectivity index (χ2n) is 5.11. The molecule has 2 rings (SSSR count). The molecule has 0 unspecified atom stereocenters.